The molecule has 2 aromatic carbocycles. The Kier molecular flexibility index (Phi) is 6.02. The Morgan fingerprint density at radius 3 is 2.32 bits per heavy atom. The summed E-state index contributed by atoms with van der Waals surface area (Å²) in [6.45, 7) is 7.77. The van der Waals surface area contributed by atoms with Crippen LogP contribution in [0.3, 0.4) is 0 Å². The summed E-state index contributed by atoms with van der Waals surface area (Å²) in [5.74, 6) is 1.82. The van der Waals surface area contributed by atoms with Crippen LogP contribution in [0.1, 0.15) is 49.3 Å². The molecular formula is C20H27NO. The van der Waals surface area contributed by atoms with Gasteiger partial charge < -0.3 is 10.5 Å². The van der Waals surface area contributed by atoms with Gasteiger partial charge >= 0.3 is 0 Å². The van der Waals surface area contributed by atoms with Crippen LogP contribution in [0, 0.1) is 0 Å². The van der Waals surface area contributed by atoms with Crippen LogP contribution in [0.4, 0.5) is 0 Å². The third-order valence-corrected chi connectivity index (χ3v) is 4.05. The predicted molar refractivity (Wildman–Crippen MR) is 93.6 cm³/mol. The third kappa shape index (κ3) is 4.35. The molecule has 2 rings (SSSR count). The Balaban J connectivity index is 2.13. The molecule has 0 spiro atoms. The van der Waals surface area contributed by atoms with Gasteiger partial charge in [-0.05, 0) is 54.6 Å². The van der Waals surface area contributed by atoms with Gasteiger partial charge in [0.05, 0.1) is 6.61 Å². The summed E-state index contributed by atoms with van der Waals surface area (Å²) < 4.78 is 5.59. The first-order valence-electron chi connectivity index (χ1n) is 8.15. The van der Waals surface area contributed by atoms with Crippen molar-refractivity contribution in [1.82, 2.24) is 0 Å². The van der Waals surface area contributed by atoms with E-state index in [-0.39, 0.29) is 0 Å². The minimum Gasteiger partial charge on any atom is -0.494 e. The fourth-order valence-electron chi connectivity index (χ4n) is 2.69. The van der Waals surface area contributed by atoms with Gasteiger partial charge in [-0.25, -0.2) is 0 Å². The van der Waals surface area contributed by atoms with E-state index in [9.17, 15) is 0 Å². The van der Waals surface area contributed by atoms with Crippen LogP contribution < -0.4 is 10.5 Å². The maximum atomic E-state index is 6.01. The van der Waals surface area contributed by atoms with Gasteiger partial charge in [0, 0.05) is 5.92 Å². The quantitative estimate of drug-likeness (QED) is 0.817. The molecular weight excluding hydrogens is 270 g/mol. The lowest BCUT2D eigenvalue weighted by atomic mass is 9.91. The normalized spacial score (nSPS) is 12.4. The molecule has 0 saturated heterocycles. The second-order valence-electron chi connectivity index (χ2n) is 6.04. The minimum absolute atomic E-state index is 0.324. The van der Waals surface area contributed by atoms with Gasteiger partial charge in [0.25, 0.3) is 0 Å². The van der Waals surface area contributed by atoms with E-state index in [0.717, 1.165) is 12.2 Å². The standard InChI is InChI=1S/C20H27NO/c1-4-22-20-7-5-6-18(13-20)19(14-21)12-16-8-10-17(11-9-16)15(2)3/h5-11,13,15,19H,4,12,14,21H2,1-3H3. The molecule has 2 nitrogen and oxygen atoms in total. The fourth-order valence-corrected chi connectivity index (χ4v) is 2.69. The lowest BCUT2D eigenvalue weighted by molar-refractivity contribution is 0.339. The molecule has 0 aromatic heterocycles. The van der Waals surface area contributed by atoms with Gasteiger partial charge in [0.15, 0.2) is 0 Å². The number of nitrogens with two attached hydrogens (primary N) is 1. The van der Waals surface area contributed by atoms with Crippen LogP contribution in [-0.4, -0.2) is 13.2 Å². The van der Waals surface area contributed by atoms with E-state index >= 15 is 0 Å². The summed E-state index contributed by atoms with van der Waals surface area (Å²) in [5, 5.41) is 0. The highest BCUT2D eigenvalue weighted by atomic mass is 16.5. The van der Waals surface area contributed by atoms with Crippen molar-refractivity contribution < 1.29 is 4.74 Å². The molecule has 0 fully saturated rings. The highest BCUT2D eigenvalue weighted by molar-refractivity contribution is 5.33. The SMILES string of the molecule is CCOc1cccc(C(CN)Cc2ccc(C(C)C)cc2)c1. The Labute approximate surface area is 134 Å². The molecule has 2 heteroatoms. The van der Waals surface area contributed by atoms with Crippen LogP contribution in [-0.2, 0) is 6.42 Å². The van der Waals surface area contributed by atoms with E-state index < -0.39 is 0 Å². The molecule has 2 aromatic rings. The zero-order valence-corrected chi connectivity index (χ0v) is 13.9. The molecule has 2 N–H and O–H groups in total. The van der Waals surface area contributed by atoms with Crippen LogP contribution in [0.2, 0.25) is 0 Å². The average molecular weight is 297 g/mol. The van der Waals surface area contributed by atoms with E-state index in [1.807, 2.05) is 19.1 Å². The van der Waals surface area contributed by atoms with Gasteiger partial charge in [0.2, 0.25) is 0 Å². The van der Waals surface area contributed by atoms with Crippen molar-refractivity contribution in [3.63, 3.8) is 0 Å². The first-order valence-corrected chi connectivity index (χ1v) is 8.15. The summed E-state index contributed by atoms with van der Waals surface area (Å²) in [5.41, 5.74) is 9.98. The van der Waals surface area contributed by atoms with Crippen molar-refractivity contribution in [1.29, 1.82) is 0 Å². The number of ether oxygens (including phenoxy) is 1. The van der Waals surface area contributed by atoms with Gasteiger partial charge in [-0.1, -0.05) is 50.2 Å². The highest BCUT2D eigenvalue weighted by Crippen LogP contribution is 2.25. The summed E-state index contributed by atoms with van der Waals surface area (Å²) >= 11 is 0. The third-order valence-electron chi connectivity index (χ3n) is 4.05. The van der Waals surface area contributed by atoms with E-state index in [0.29, 0.717) is 25.0 Å². The topological polar surface area (TPSA) is 35.2 Å². The van der Waals surface area contributed by atoms with Crippen molar-refractivity contribution in [3.8, 4) is 5.75 Å². The van der Waals surface area contributed by atoms with Gasteiger partial charge in [-0.15, -0.1) is 0 Å². The lowest BCUT2D eigenvalue weighted by Gasteiger charge is -2.17. The fraction of sp³-hybridized carbons (Fsp3) is 0.400. The van der Waals surface area contributed by atoms with E-state index in [4.69, 9.17) is 10.5 Å². The zero-order chi connectivity index (χ0) is 15.9. The molecule has 118 valence electrons. The van der Waals surface area contributed by atoms with Gasteiger partial charge in [-0.3, -0.25) is 0 Å². The largest absolute Gasteiger partial charge is 0.494 e. The predicted octanol–water partition coefficient (Wildman–Crippen LogP) is 4.49. The van der Waals surface area contributed by atoms with E-state index in [1.165, 1.54) is 16.7 Å². The zero-order valence-electron chi connectivity index (χ0n) is 13.9. The number of rotatable bonds is 7. The Bertz CT molecular complexity index is 575. The smallest absolute Gasteiger partial charge is 0.119 e. The van der Waals surface area contributed by atoms with Crippen LogP contribution in [0.15, 0.2) is 48.5 Å². The van der Waals surface area contributed by atoms with E-state index in [1.54, 1.807) is 0 Å². The summed E-state index contributed by atoms with van der Waals surface area (Å²) in [6.07, 6.45) is 0.963. The molecule has 0 saturated carbocycles. The second-order valence-corrected chi connectivity index (χ2v) is 6.04. The highest BCUT2D eigenvalue weighted by Gasteiger charge is 2.12. The molecule has 22 heavy (non-hydrogen) atoms. The lowest BCUT2D eigenvalue weighted by Crippen LogP contribution is -2.15. The monoisotopic (exact) mass is 297 g/mol. The molecule has 0 radical (unpaired) electrons. The van der Waals surface area contributed by atoms with Gasteiger partial charge in [-0.2, -0.15) is 0 Å². The summed E-state index contributed by atoms with van der Waals surface area (Å²) in [4.78, 5) is 0. The van der Waals surface area contributed by atoms with Gasteiger partial charge in [0.1, 0.15) is 5.75 Å². The maximum Gasteiger partial charge on any atom is 0.119 e. The molecule has 0 aliphatic carbocycles. The molecule has 1 unspecified atom stereocenters. The van der Waals surface area contributed by atoms with Crippen molar-refractivity contribution in [2.75, 3.05) is 13.2 Å². The van der Waals surface area contributed by atoms with Crippen molar-refractivity contribution >= 4 is 0 Å². The first kappa shape index (κ1) is 16.6. The van der Waals surface area contributed by atoms with Crippen molar-refractivity contribution in [2.45, 2.75) is 39.0 Å². The number of hydrogen-bond acceptors (Lipinski definition) is 2. The Morgan fingerprint density at radius 1 is 1.00 bits per heavy atom. The van der Waals surface area contributed by atoms with Crippen molar-refractivity contribution in [2.24, 2.45) is 5.73 Å². The average Bonchev–Trinajstić information content (AvgIpc) is 2.53. The summed E-state index contributed by atoms with van der Waals surface area (Å²) in [7, 11) is 0. The maximum absolute atomic E-state index is 6.01. The number of benzene rings is 2. The molecule has 0 bridgehead atoms. The molecule has 0 heterocycles. The van der Waals surface area contributed by atoms with Crippen LogP contribution >= 0.6 is 0 Å². The summed E-state index contributed by atoms with van der Waals surface area (Å²) in [6, 6.07) is 17.2. The van der Waals surface area contributed by atoms with E-state index in [2.05, 4.69) is 50.2 Å². The number of hydrogen-bond donors (Lipinski definition) is 1. The van der Waals surface area contributed by atoms with Crippen molar-refractivity contribution in [3.05, 3.63) is 65.2 Å². The molecule has 0 aliphatic heterocycles. The Morgan fingerprint density at radius 2 is 1.73 bits per heavy atom. The molecule has 0 aliphatic rings. The minimum atomic E-state index is 0.324. The molecule has 1 atom stereocenters. The Hall–Kier alpha value is -1.80. The molecule has 0 amide bonds. The van der Waals surface area contributed by atoms with Crippen LogP contribution in [0.25, 0.3) is 0 Å². The first-order chi connectivity index (χ1) is 10.6. The van der Waals surface area contributed by atoms with Crippen LogP contribution in [0.5, 0.6) is 5.75 Å². The second kappa shape index (κ2) is 8.00.